The zero-order valence-electron chi connectivity index (χ0n) is 12.8. The molecule has 118 valence electrons. The number of nitrogens with one attached hydrogen (secondary N) is 1. The molecule has 5 heteroatoms. The molecule has 0 aromatic rings. The predicted octanol–water partition coefficient (Wildman–Crippen LogP) is 1.46. The molecule has 3 N–H and O–H groups in total. The van der Waals surface area contributed by atoms with Crippen LogP contribution >= 0.6 is 0 Å². The SMILES string of the molecule is COCCOCCCCNC(=O)C1(CN)CCCCC1. The Bertz CT molecular complexity index is 266. The zero-order valence-corrected chi connectivity index (χ0v) is 12.8. The predicted molar refractivity (Wildman–Crippen MR) is 79.5 cm³/mol. The second-order valence-corrected chi connectivity index (χ2v) is 5.61. The molecule has 1 fully saturated rings. The van der Waals surface area contributed by atoms with Crippen molar-refractivity contribution in [2.45, 2.75) is 44.9 Å². The van der Waals surface area contributed by atoms with Gasteiger partial charge in [0.1, 0.15) is 0 Å². The second kappa shape index (κ2) is 10.1. The Kier molecular flexibility index (Phi) is 8.82. The van der Waals surface area contributed by atoms with Crippen LogP contribution in [0.4, 0.5) is 0 Å². The van der Waals surface area contributed by atoms with Crippen molar-refractivity contribution < 1.29 is 14.3 Å². The van der Waals surface area contributed by atoms with Crippen molar-refractivity contribution in [3.8, 4) is 0 Å². The Morgan fingerprint density at radius 3 is 2.55 bits per heavy atom. The van der Waals surface area contributed by atoms with Crippen LogP contribution in [0.1, 0.15) is 44.9 Å². The van der Waals surface area contributed by atoms with Gasteiger partial charge in [0.2, 0.25) is 5.91 Å². The lowest BCUT2D eigenvalue weighted by molar-refractivity contribution is -0.132. The van der Waals surface area contributed by atoms with Gasteiger partial charge in [-0.25, -0.2) is 0 Å². The van der Waals surface area contributed by atoms with E-state index in [1.807, 2.05) is 0 Å². The van der Waals surface area contributed by atoms with E-state index < -0.39 is 0 Å². The summed E-state index contributed by atoms with van der Waals surface area (Å²) in [6.07, 6.45) is 7.26. The molecule has 0 atom stereocenters. The van der Waals surface area contributed by atoms with Crippen molar-refractivity contribution in [3.05, 3.63) is 0 Å². The number of carbonyl (C=O) groups is 1. The first-order valence-corrected chi connectivity index (χ1v) is 7.80. The Morgan fingerprint density at radius 1 is 1.15 bits per heavy atom. The summed E-state index contributed by atoms with van der Waals surface area (Å²) in [5.74, 6) is 0.153. The third-order valence-electron chi connectivity index (χ3n) is 4.12. The Morgan fingerprint density at radius 2 is 1.90 bits per heavy atom. The molecule has 0 bridgehead atoms. The van der Waals surface area contributed by atoms with E-state index in [0.717, 1.165) is 45.1 Å². The number of rotatable bonds is 10. The number of ether oxygens (including phenoxy) is 2. The molecule has 0 saturated heterocycles. The van der Waals surface area contributed by atoms with Crippen molar-refractivity contribution in [1.29, 1.82) is 0 Å². The van der Waals surface area contributed by atoms with Crippen molar-refractivity contribution >= 4 is 5.91 Å². The van der Waals surface area contributed by atoms with Gasteiger partial charge in [0.25, 0.3) is 0 Å². The van der Waals surface area contributed by atoms with Crippen LogP contribution in [-0.2, 0) is 14.3 Å². The molecule has 0 aromatic carbocycles. The first-order valence-electron chi connectivity index (χ1n) is 7.80. The highest BCUT2D eigenvalue weighted by atomic mass is 16.5. The normalized spacial score (nSPS) is 17.9. The van der Waals surface area contributed by atoms with E-state index in [2.05, 4.69) is 5.32 Å². The van der Waals surface area contributed by atoms with Gasteiger partial charge in [-0.3, -0.25) is 4.79 Å². The lowest BCUT2D eigenvalue weighted by Crippen LogP contribution is -2.47. The summed E-state index contributed by atoms with van der Waals surface area (Å²) in [4.78, 5) is 12.3. The molecule has 20 heavy (non-hydrogen) atoms. The molecule has 1 amide bonds. The monoisotopic (exact) mass is 286 g/mol. The average Bonchev–Trinajstić information content (AvgIpc) is 2.50. The minimum atomic E-state index is -0.298. The average molecular weight is 286 g/mol. The Hall–Kier alpha value is -0.650. The van der Waals surface area contributed by atoms with Gasteiger partial charge in [0, 0.05) is 26.8 Å². The van der Waals surface area contributed by atoms with Gasteiger partial charge >= 0.3 is 0 Å². The van der Waals surface area contributed by atoms with Crippen molar-refractivity contribution in [2.75, 3.05) is 40.0 Å². The second-order valence-electron chi connectivity index (χ2n) is 5.61. The van der Waals surface area contributed by atoms with E-state index in [0.29, 0.717) is 26.3 Å². The number of hydrogen-bond donors (Lipinski definition) is 2. The molecule has 1 aliphatic rings. The van der Waals surface area contributed by atoms with Crippen molar-refractivity contribution in [3.63, 3.8) is 0 Å². The molecule has 0 radical (unpaired) electrons. The zero-order chi connectivity index (χ0) is 14.7. The molecule has 1 saturated carbocycles. The van der Waals surface area contributed by atoms with E-state index in [-0.39, 0.29) is 11.3 Å². The maximum Gasteiger partial charge on any atom is 0.227 e. The van der Waals surface area contributed by atoms with Crippen LogP contribution in [0.5, 0.6) is 0 Å². The van der Waals surface area contributed by atoms with Crippen molar-refractivity contribution in [2.24, 2.45) is 11.1 Å². The van der Waals surface area contributed by atoms with Gasteiger partial charge in [-0.05, 0) is 25.7 Å². The molecule has 5 nitrogen and oxygen atoms in total. The highest BCUT2D eigenvalue weighted by molar-refractivity contribution is 5.82. The van der Waals surface area contributed by atoms with E-state index in [1.165, 1.54) is 6.42 Å². The van der Waals surface area contributed by atoms with Gasteiger partial charge < -0.3 is 20.5 Å². The molecule has 0 unspecified atom stereocenters. The van der Waals surface area contributed by atoms with Gasteiger partial charge in [-0.2, -0.15) is 0 Å². The number of unbranched alkanes of at least 4 members (excludes halogenated alkanes) is 1. The smallest absolute Gasteiger partial charge is 0.227 e. The van der Waals surface area contributed by atoms with Crippen molar-refractivity contribution in [1.82, 2.24) is 5.32 Å². The minimum Gasteiger partial charge on any atom is -0.382 e. The van der Waals surface area contributed by atoms with Gasteiger partial charge in [-0.1, -0.05) is 19.3 Å². The highest BCUT2D eigenvalue weighted by Gasteiger charge is 2.37. The number of hydrogen-bond acceptors (Lipinski definition) is 4. The summed E-state index contributed by atoms with van der Waals surface area (Å²) in [5, 5.41) is 3.05. The topological polar surface area (TPSA) is 73.6 Å². The highest BCUT2D eigenvalue weighted by Crippen LogP contribution is 2.35. The standard InChI is InChI=1S/C15H30N2O3/c1-19-11-12-20-10-6-5-9-17-14(18)15(13-16)7-3-2-4-8-15/h2-13,16H2,1H3,(H,17,18). The molecule has 1 aliphatic carbocycles. The fraction of sp³-hybridized carbons (Fsp3) is 0.933. The quantitative estimate of drug-likeness (QED) is 0.596. The van der Waals surface area contributed by atoms with Crippen LogP contribution in [0.25, 0.3) is 0 Å². The van der Waals surface area contributed by atoms with Crippen LogP contribution in [-0.4, -0.2) is 45.9 Å². The lowest BCUT2D eigenvalue weighted by atomic mass is 9.73. The number of amides is 1. The first kappa shape index (κ1) is 17.4. The Labute approximate surface area is 122 Å². The lowest BCUT2D eigenvalue weighted by Gasteiger charge is -2.34. The molecular formula is C15H30N2O3. The van der Waals surface area contributed by atoms with Crippen LogP contribution in [0.3, 0.4) is 0 Å². The van der Waals surface area contributed by atoms with E-state index in [4.69, 9.17) is 15.2 Å². The van der Waals surface area contributed by atoms with Crippen LogP contribution in [0.2, 0.25) is 0 Å². The number of nitrogens with two attached hydrogens (primary N) is 1. The summed E-state index contributed by atoms with van der Waals surface area (Å²) in [6, 6.07) is 0. The van der Waals surface area contributed by atoms with Gasteiger partial charge in [-0.15, -0.1) is 0 Å². The van der Waals surface area contributed by atoms with Gasteiger partial charge in [0.05, 0.1) is 18.6 Å². The number of methoxy groups -OCH3 is 1. The summed E-state index contributed by atoms with van der Waals surface area (Å²) >= 11 is 0. The van der Waals surface area contributed by atoms with Crippen LogP contribution < -0.4 is 11.1 Å². The maximum absolute atomic E-state index is 12.3. The first-order chi connectivity index (χ1) is 9.75. The maximum atomic E-state index is 12.3. The largest absolute Gasteiger partial charge is 0.382 e. The molecule has 0 heterocycles. The summed E-state index contributed by atoms with van der Waals surface area (Å²) in [7, 11) is 1.66. The summed E-state index contributed by atoms with van der Waals surface area (Å²) in [6.45, 7) is 3.18. The third kappa shape index (κ3) is 5.77. The Balaban J connectivity index is 2.09. The van der Waals surface area contributed by atoms with Crippen LogP contribution in [0, 0.1) is 5.41 Å². The number of carbonyl (C=O) groups excluding carboxylic acids is 1. The fourth-order valence-electron chi connectivity index (χ4n) is 2.72. The fourth-order valence-corrected chi connectivity index (χ4v) is 2.72. The minimum absolute atomic E-state index is 0.153. The molecule has 1 rings (SSSR count). The summed E-state index contributed by atoms with van der Waals surface area (Å²) in [5.41, 5.74) is 5.55. The van der Waals surface area contributed by atoms with Crippen LogP contribution in [0.15, 0.2) is 0 Å². The molecule has 0 spiro atoms. The van der Waals surface area contributed by atoms with E-state index in [9.17, 15) is 4.79 Å². The molecular weight excluding hydrogens is 256 g/mol. The summed E-state index contributed by atoms with van der Waals surface area (Å²) < 4.78 is 10.3. The third-order valence-corrected chi connectivity index (χ3v) is 4.12. The van der Waals surface area contributed by atoms with Gasteiger partial charge in [0.15, 0.2) is 0 Å². The molecule has 0 aromatic heterocycles. The van der Waals surface area contributed by atoms with E-state index in [1.54, 1.807) is 7.11 Å². The van der Waals surface area contributed by atoms with E-state index >= 15 is 0 Å². The molecule has 0 aliphatic heterocycles.